The Kier molecular flexibility index (Phi) is 5.23. The minimum Gasteiger partial charge on any atom is -0.357 e. The molecule has 1 amide bonds. The summed E-state index contributed by atoms with van der Waals surface area (Å²) in [6, 6.07) is 9.24. The number of carbonyl (C=O) groups excluding carboxylic acids is 1. The number of hydrogen-bond donors (Lipinski definition) is 1. The molecular formula is C17H19BrN4O. The summed E-state index contributed by atoms with van der Waals surface area (Å²) in [7, 11) is 0. The zero-order chi connectivity index (χ0) is 16.1. The summed E-state index contributed by atoms with van der Waals surface area (Å²) in [6.45, 7) is 1.98. The van der Waals surface area contributed by atoms with Gasteiger partial charge >= 0.3 is 0 Å². The van der Waals surface area contributed by atoms with Gasteiger partial charge in [-0.25, -0.2) is 9.97 Å². The third-order valence-corrected chi connectivity index (χ3v) is 4.45. The van der Waals surface area contributed by atoms with Crippen LogP contribution in [0.2, 0.25) is 0 Å². The van der Waals surface area contributed by atoms with Crippen molar-refractivity contribution in [2.24, 2.45) is 0 Å². The maximum atomic E-state index is 12.4. The first kappa shape index (κ1) is 15.9. The van der Waals surface area contributed by atoms with Gasteiger partial charge in [-0.3, -0.25) is 4.79 Å². The largest absolute Gasteiger partial charge is 0.357 e. The van der Waals surface area contributed by atoms with Crippen molar-refractivity contribution < 1.29 is 4.79 Å². The second-order valence-electron chi connectivity index (χ2n) is 5.62. The lowest BCUT2D eigenvalue weighted by atomic mass is 10.2. The van der Waals surface area contributed by atoms with E-state index in [1.807, 2.05) is 24.3 Å². The van der Waals surface area contributed by atoms with Crippen LogP contribution in [0, 0.1) is 0 Å². The van der Waals surface area contributed by atoms with Crippen LogP contribution in [-0.4, -0.2) is 29.0 Å². The summed E-state index contributed by atoms with van der Waals surface area (Å²) in [5, 5.41) is 2.86. The second kappa shape index (κ2) is 7.55. The summed E-state index contributed by atoms with van der Waals surface area (Å²) >= 11 is 3.38. The predicted octanol–water partition coefficient (Wildman–Crippen LogP) is 3.87. The fraction of sp³-hybridized carbons (Fsp3) is 0.353. The highest BCUT2D eigenvalue weighted by Crippen LogP contribution is 2.18. The predicted molar refractivity (Wildman–Crippen MR) is 94.8 cm³/mol. The Morgan fingerprint density at radius 2 is 1.74 bits per heavy atom. The lowest BCUT2D eigenvalue weighted by molar-refractivity contribution is 0.102. The van der Waals surface area contributed by atoms with Gasteiger partial charge in [0, 0.05) is 29.3 Å². The first-order valence-electron chi connectivity index (χ1n) is 7.86. The molecule has 3 rings (SSSR count). The van der Waals surface area contributed by atoms with Crippen LogP contribution in [0.25, 0.3) is 0 Å². The van der Waals surface area contributed by atoms with E-state index in [-0.39, 0.29) is 5.91 Å². The Morgan fingerprint density at radius 3 is 2.43 bits per heavy atom. The molecule has 0 unspecified atom stereocenters. The normalized spacial score (nSPS) is 15.1. The molecule has 23 heavy (non-hydrogen) atoms. The zero-order valence-corrected chi connectivity index (χ0v) is 14.4. The fourth-order valence-electron chi connectivity index (χ4n) is 2.67. The van der Waals surface area contributed by atoms with Crippen LogP contribution >= 0.6 is 15.9 Å². The molecule has 0 radical (unpaired) electrons. The highest BCUT2D eigenvalue weighted by atomic mass is 79.9. The van der Waals surface area contributed by atoms with Gasteiger partial charge in [0.25, 0.3) is 5.91 Å². The molecule has 1 aromatic carbocycles. The number of halogens is 1. The van der Waals surface area contributed by atoms with E-state index in [4.69, 9.17) is 0 Å². The van der Waals surface area contributed by atoms with E-state index >= 15 is 0 Å². The Hall–Kier alpha value is -1.95. The first-order valence-corrected chi connectivity index (χ1v) is 8.65. The molecule has 1 fully saturated rings. The van der Waals surface area contributed by atoms with Crippen molar-refractivity contribution in [3.8, 4) is 0 Å². The third kappa shape index (κ3) is 4.28. The maximum Gasteiger partial charge on any atom is 0.274 e. The summed E-state index contributed by atoms with van der Waals surface area (Å²) in [5.41, 5.74) is 1.13. The van der Waals surface area contributed by atoms with Gasteiger partial charge in [-0.15, -0.1) is 0 Å². The lowest BCUT2D eigenvalue weighted by Crippen LogP contribution is -2.25. The van der Waals surface area contributed by atoms with Crippen LogP contribution in [0.4, 0.5) is 11.5 Å². The molecule has 2 aromatic rings. The summed E-state index contributed by atoms with van der Waals surface area (Å²) in [5.74, 6) is 0.619. The van der Waals surface area contributed by atoms with Crippen LogP contribution in [-0.2, 0) is 0 Å². The third-order valence-electron chi connectivity index (χ3n) is 3.92. The number of rotatable bonds is 3. The number of hydrogen-bond acceptors (Lipinski definition) is 4. The molecule has 1 aromatic heterocycles. The molecule has 1 aliphatic rings. The number of benzene rings is 1. The van der Waals surface area contributed by atoms with Crippen LogP contribution in [0.15, 0.2) is 41.1 Å². The maximum absolute atomic E-state index is 12.4. The molecule has 0 aliphatic carbocycles. The van der Waals surface area contributed by atoms with Gasteiger partial charge < -0.3 is 10.2 Å². The minimum atomic E-state index is -0.217. The molecule has 2 heterocycles. The van der Waals surface area contributed by atoms with Gasteiger partial charge in [0.15, 0.2) is 0 Å². The van der Waals surface area contributed by atoms with Gasteiger partial charge in [0.1, 0.15) is 17.8 Å². The van der Waals surface area contributed by atoms with Crippen molar-refractivity contribution in [3.05, 3.63) is 46.8 Å². The van der Waals surface area contributed by atoms with E-state index < -0.39 is 0 Å². The molecule has 6 heteroatoms. The van der Waals surface area contributed by atoms with E-state index in [0.29, 0.717) is 5.69 Å². The van der Waals surface area contributed by atoms with Gasteiger partial charge in [-0.2, -0.15) is 0 Å². The monoisotopic (exact) mass is 374 g/mol. The van der Waals surface area contributed by atoms with Gasteiger partial charge in [-0.1, -0.05) is 28.8 Å². The van der Waals surface area contributed by atoms with Gasteiger partial charge in [-0.05, 0) is 37.1 Å². The average Bonchev–Trinajstić information content (AvgIpc) is 2.86. The van der Waals surface area contributed by atoms with Crippen LogP contribution in [0.3, 0.4) is 0 Å². The van der Waals surface area contributed by atoms with Crippen molar-refractivity contribution in [2.75, 3.05) is 23.3 Å². The van der Waals surface area contributed by atoms with Crippen molar-refractivity contribution in [1.82, 2.24) is 9.97 Å². The summed E-state index contributed by atoms with van der Waals surface area (Å²) in [4.78, 5) is 23.1. The smallest absolute Gasteiger partial charge is 0.274 e. The number of nitrogens with zero attached hydrogens (tertiary/aromatic N) is 3. The van der Waals surface area contributed by atoms with E-state index in [9.17, 15) is 4.79 Å². The summed E-state index contributed by atoms with van der Waals surface area (Å²) in [6.07, 6.45) is 6.34. The first-order chi connectivity index (χ1) is 11.2. The number of amides is 1. The molecule has 1 aliphatic heterocycles. The molecule has 1 saturated heterocycles. The molecular weight excluding hydrogens is 356 g/mol. The lowest BCUT2D eigenvalue weighted by Gasteiger charge is -2.21. The van der Waals surface area contributed by atoms with Gasteiger partial charge in [0.05, 0.1) is 0 Å². The van der Waals surface area contributed by atoms with Crippen LogP contribution in [0.5, 0.6) is 0 Å². The quantitative estimate of drug-likeness (QED) is 0.885. The fourth-order valence-corrected chi connectivity index (χ4v) is 2.94. The van der Waals surface area contributed by atoms with E-state index in [1.54, 1.807) is 6.07 Å². The Labute approximate surface area is 144 Å². The molecule has 5 nitrogen and oxygen atoms in total. The summed E-state index contributed by atoms with van der Waals surface area (Å²) < 4.78 is 0.973. The average molecular weight is 375 g/mol. The highest BCUT2D eigenvalue weighted by molar-refractivity contribution is 9.10. The number of anilines is 2. The molecule has 120 valence electrons. The molecule has 1 N–H and O–H groups in total. The van der Waals surface area contributed by atoms with E-state index in [1.165, 1.54) is 32.0 Å². The Bertz CT molecular complexity index is 667. The van der Waals surface area contributed by atoms with E-state index in [2.05, 4.69) is 36.1 Å². The molecule has 0 spiro atoms. The van der Waals surface area contributed by atoms with Crippen molar-refractivity contribution >= 4 is 33.3 Å². The Balaban J connectivity index is 1.73. The standard InChI is InChI=1S/C17H19BrN4O/c18-13-5-7-14(8-6-13)21-17(23)15-11-16(20-12-19-15)22-9-3-1-2-4-10-22/h5-8,11-12H,1-4,9-10H2,(H,21,23). The van der Waals surface area contributed by atoms with Crippen LogP contribution < -0.4 is 10.2 Å². The SMILES string of the molecule is O=C(Nc1ccc(Br)cc1)c1cc(N2CCCCCC2)ncn1. The molecule has 0 bridgehead atoms. The highest BCUT2D eigenvalue weighted by Gasteiger charge is 2.14. The second-order valence-corrected chi connectivity index (χ2v) is 6.54. The number of nitrogens with one attached hydrogen (secondary N) is 1. The number of carbonyl (C=O) groups is 1. The Morgan fingerprint density at radius 1 is 1.04 bits per heavy atom. The topological polar surface area (TPSA) is 58.1 Å². The zero-order valence-electron chi connectivity index (χ0n) is 12.8. The molecule has 0 atom stereocenters. The number of aromatic nitrogens is 2. The molecule has 0 saturated carbocycles. The van der Waals surface area contributed by atoms with Crippen LogP contribution in [0.1, 0.15) is 36.2 Å². The van der Waals surface area contributed by atoms with Crippen molar-refractivity contribution in [1.29, 1.82) is 0 Å². The van der Waals surface area contributed by atoms with E-state index in [0.717, 1.165) is 29.1 Å². The van der Waals surface area contributed by atoms with Crippen molar-refractivity contribution in [3.63, 3.8) is 0 Å². The minimum absolute atomic E-state index is 0.217. The van der Waals surface area contributed by atoms with Gasteiger partial charge in [0.2, 0.25) is 0 Å². The van der Waals surface area contributed by atoms with Crippen molar-refractivity contribution in [2.45, 2.75) is 25.7 Å².